The van der Waals surface area contributed by atoms with Gasteiger partial charge < -0.3 is 26.5 Å². The number of anilines is 2. The van der Waals surface area contributed by atoms with Crippen molar-refractivity contribution in [1.29, 1.82) is 0 Å². The molecule has 25 heavy (non-hydrogen) atoms. The smallest absolute Gasteiger partial charge is 0.316 e. The molecule has 3 aromatic heterocycles. The Morgan fingerprint density at radius 1 is 1.16 bits per heavy atom. The second-order valence-corrected chi connectivity index (χ2v) is 5.97. The van der Waals surface area contributed by atoms with Gasteiger partial charge >= 0.3 is 6.01 Å². The molecule has 6 N–H and O–H groups in total. The van der Waals surface area contributed by atoms with E-state index < -0.39 is 0 Å². The zero-order chi connectivity index (χ0) is 18.0. The third-order valence-corrected chi connectivity index (χ3v) is 3.77. The number of imidazole rings is 1. The normalized spacial score (nSPS) is 12.6. The zero-order valence-corrected chi connectivity index (χ0v) is 14.3. The van der Waals surface area contributed by atoms with Gasteiger partial charge in [-0.05, 0) is 5.92 Å². The van der Waals surface area contributed by atoms with Crippen LogP contribution in [0.3, 0.4) is 0 Å². The average molecular weight is 343 g/mol. The molecule has 1 atom stereocenters. The monoisotopic (exact) mass is 343 g/mol. The molecule has 10 heteroatoms. The van der Waals surface area contributed by atoms with E-state index in [1.54, 1.807) is 12.4 Å². The number of nitrogens with two attached hydrogens (primary N) is 2. The van der Waals surface area contributed by atoms with Crippen LogP contribution in [0.4, 0.5) is 11.8 Å². The molecular weight excluding hydrogens is 322 g/mol. The number of aromatic nitrogens is 6. The van der Waals surface area contributed by atoms with E-state index >= 15 is 0 Å². The van der Waals surface area contributed by atoms with E-state index in [1.165, 1.54) is 7.11 Å². The third kappa shape index (κ3) is 3.58. The summed E-state index contributed by atoms with van der Waals surface area (Å²) in [6.45, 7) is 4.77. The minimum Gasteiger partial charge on any atom is -0.467 e. The Kier molecular flexibility index (Phi) is 4.61. The lowest BCUT2D eigenvalue weighted by Gasteiger charge is -2.20. The first kappa shape index (κ1) is 16.8. The summed E-state index contributed by atoms with van der Waals surface area (Å²) in [5, 5.41) is 3.45. The molecule has 132 valence electrons. The largest absolute Gasteiger partial charge is 0.467 e. The van der Waals surface area contributed by atoms with E-state index in [9.17, 15) is 0 Å². The van der Waals surface area contributed by atoms with Gasteiger partial charge in [0.2, 0.25) is 5.95 Å². The molecule has 0 aliphatic rings. The number of aromatic amines is 1. The molecule has 0 saturated carbocycles. The highest BCUT2D eigenvalue weighted by molar-refractivity contribution is 5.82. The number of rotatable bonds is 6. The van der Waals surface area contributed by atoms with E-state index in [0.717, 1.165) is 11.4 Å². The Balaban J connectivity index is 1.82. The van der Waals surface area contributed by atoms with Crippen LogP contribution in [0.1, 0.15) is 31.3 Å². The van der Waals surface area contributed by atoms with Crippen molar-refractivity contribution < 1.29 is 4.74 Å². The van der Waals surface area contributed by atoms with Crippen molar-refractivity contribution >= 4 is 22.9 Å². The molecule has 0 spiro atoms. The van der Waals surface area contributed by atoms with Gasteiger partial charge in [0.05, 0.1) is 13.2 Å². The predicted molar refractivity (Wildman–Crippen MR) is 93.5 cm³/mol. The molecule has 0 saturated heterocycles. The highest BCUT2D eigenvalue weighted by atomic mass is 16.5. The van der Waals surface area contributed by atoms with Crippen LogP contribution in [-0.2, 0) is 6.54 Å². The summed E-state index contributed by atoms with van der Waals surface area (Å²) in [5.41, 5.74) is 13.5. The third-order valence-electron chi connectivity index (χ3n) is 3.77. The molecule has 3 heterocycles. The first-order valence-electron chi connectivity index (χ1n) is 7.84. The summed E-state index contributed by atoms with van der Waals surface area (Å²) in [7, 11) is 1.53. The summed E-state index contributed by atoms with van der Waals surface area (Å²) in [4.78, 5) is 24.0. The Morgan fingerprint density at radius 2 is 1.88 bits per heavy atom. The maximum Gasteiger partial charge on any atom is 0.316 e. The van der Waals surface area contributed by atoms with E-state index in [0.29, 0.717) is 23.7 Å². The molecule has 0 aliphatic heterocycles. The number of fused-ring (bicyclic) bond motifs is 1. The fourth-order valence-corrected chi connectivity index (χ4v) is 2.52. The minimum atomic E-state index is -0.0445. The predicted octanol–water partition coefficient (Wildman–Crippen LogP) is 0.803. The van der Waals surface area contributed by atoms with Crippen LogP contribution in [0, 0.1) is 5.92 Å². The molecule has 3 rings (SSSR count). The van der Waals surface area contributed by atoms with Gasteiger partial charge in [0.25, 0.3) is 0 Å². The van der Waals surface area contributed by atoms with E-state index in [4.69, 9.17) is 16.2 Å². The summed E-state index contributed by atoms with van der Waals surface area (Å²) >= 11 is 0. The van der Waals surface area contributed by atoms with Gasteiger partial charge in [-0.2, -0.15) is 9.97 Å². The van der Waals surface area contributed by atoms with Crippen LogP contribution in [0.25, 0.3) is 11.2 Å². The Morgan fingerprint density at radius 3 is 2.52 bits per heavy atom. The van der Waals surface area contributed by atoms with E-state index in [-0.39, 0.29) is 23.7 Å². The van der Waals surface area contributed by atoms with Crippen LogP contribution in [0.15, 0.2) is 12.4 Å². The van der Waals surface area contributed by atoms with Crippen molar-refractivity contribution in [2.75, 3.05) is 18.6 Å². The molecule has 0 bridgehead atoms. The van der Waals surface area contributed by atoms with Crippen molar-refractivity contribution in [1.82, 2.24) is 35.2 Å². The lowest BCUT2D eigenvalue weighted by atomic mass is 10.0. The Labute approximate surface area is 144 Å². The molecule has 0 amide bonds. The van der Waals surface area contributed by atoms with Crippen molar-refractivity contribution in [3.05, 3.63) is 23.8 Å². The van der Waals surface area contributed by atoms with Gasteiger partial charge in [0.1, 0.15) is 11.3 Å². The summed E-state index contributed by atoms with van der Waals surface area (Å²) in [5.74, 6) is 1.39. The molecule has 0 fully saturated rings. The number of hydrogen-bond acceptors (Lipinski definition) is 9. The van der Waals surface area contributed by atoms with Crippen LogP contribution < -0.4 is 21.5 Å². The molecule has 3 aromatic rings. The maximum atomic E-state index is 5.89. The van der Waals surface area contributed by atoms with Crippen LogP contribution in [-0.4, -0.2) is 37.0 Å². The number of nitrogen functional groups attached to an aromatic ring is 2. The number of nitrogens with zero attached hydrogens (tertiary/aromatic N) is 5. The molecule has 0 aliphatic carbocycles. The fourth-order valence-electron chi connectivity index (χ4n) is 2.52. The summed E-state index contributed by atoms with van der Waals surface area (Å²) in [6.07, 6.45) is 3.44. The van der Waals surface area contributed by atoms with Gasteiger partial charge in [-0.1, -0.05) is 13.8 Å². The molecule has 0 radical (unpaired) electrons. The first-order chi connectivity index (χ1) is 12.0. The average Bonchev–Trinajstić information content (AvgIpc) is 2.99. The molecule has 1 unspecified atom stereocenters. The minimum absolute atomic E-state index is 0.0445. The number of H-pyrrole nitrogens is 1. The van der Waals surface area contributed by atoms with E-state index in [2.05, 4.69) is 49.1 Å². The number of hydrogen-bond donors (Lipinski definition) is 4. The zero-order valence-electron chi connectivity index (χ0n) is 14.3. The lowest BCUT2D eigenvalue weighted by Crippen LogP contribution is -2.26. The molecule has 0 aromatic carbocycles. The van der Waals surface area contributed by atoms with E-state index in [1.807, 2.05) is 0 Å². The van der Waals surface area contributed by atoms with Crippen molar-refractivity contribution in [2.24, 2.45) is 5.92 Å². The van der Waals surface area contributed by atoms with Crippen LogP contribution in [0.2, 0.25) is 0 Å². The van der Waals surface area contributed by atoms with Gasteiger partial charge in [0.15, 0.2) is 11.5 Å². The number of methoxy groups -OCH3 is 1. The molecule has 10 nitrogen and oxygen atoms in total. The van der Waals surface area contributed by atoms with Gasteiger partial charge in [-0.15, -0.1) is 0 Å². The number of nitrogens with one attached hydrogen (secondary N) is 2. The molecular formula is C15H21N9O. The van der Waals surface area contributed by atoms with Crippen molar-refractivity contribution in [3.8, 4) is 6.01 Å². The Hall–Kier alpha value is -3.01. The van der Waals surface area contributed by atoms with Crippen molar-refractivity contribution in [3.63, 3.8) is 0 Å². The Bertz CT molecular complexity index is 859. The SMILES string of the molecule is COc1ncc(CNC(c2nc3nc(N)nc(N)c3[nH]2)C(C)C)cn1. The highest BCUT2D eigenvalue weighted by Crippen LogP contribution is 2.24. The fraction of sp³-hybridized carbons (Fsp3) is 0.400. The van der Waals surface area contributed by atoms with Crippen LogP contribution >= 0.6 is 0 Å². The van der Waals surface area contributed by atoms with Gasteiger partial charge in [-0.25, -0.2) is 15.0 Å². The summed E-state index contributed by atoms with van der Waals surface area (Å²) < 4.78 is 4.96. The standard InChI is InChI=1S/C15H21N9O/c1-7(2)9(18-4-8-5-19-15(25-3)20-6-8)12-21-10-11(16)22-14(17)24-13(10)23-12/h5-7,9,18H,4H2,1-3H3,(H5,16,17,21,22,23,24). The topological polar surface area (TPSA) is 154 Å². The number of ether oxygens (including phenoxy) is 1. The van der Waals surface area contributed by atoms with Crippen molar-refractivity contribution in [2.45, 2.75) is 26.4 Å². The second kappa shape index (κ2) is 6.85. The van der Waals surface area contributed by atoms with Crippen LogP contribution in [0.5, 0.6) is 6.01 Å². The van der Waals surface area contributed by atoms with Gasteiger partial charge in [0, 0.05) is 24.5 Å². The quantitative estimate of drug-likeness (QED) is 0.509. The van der Waals surface area contributed by atoms with Gasteiger partial charge in [-0.3, -0.25) is 0 Å². The highest BCUT2D eigenvalue weighted by Gasteiger charge is 2.21. The first-order valence-corrected chi connectivity index (χ1v) is 7.84. The summed E-state index contributed by atoms with van der Waals surface area (Å²) in [6, 6.07) is 0.296. The second-order valence-electron chi connectivity index (χ2n) is 5.97. The maximum absolute atomic E-state index is 5.89. The lowest BCUT2D eigenvalue weighted by molar-refractivity contribution is 0.376.